The minimum Gasteiger partial charge on any atom is -0.440 e. The van der Waals surface area contributed by atoms with E-state index in [-0.39, 0.29) is 0 Å². The molecule has 2 aromatic rings. The molecule has 0 radical (unpaired) electrons. The van der Waals surface area contributed by atoms with Crippen molar-refractivity contribution >= 4 is 0 Å². The summed E-state index contributed by atoms with van der Waals surface area (Å²) in [5, 5.41) is 3.35. The molecule has 0 aliphatic carbocycles. The maximum absolute atomic E-state index is 5.67. The van der Waals surface area contributed by atoms with Gasteiger partial charge >= 0.3 is 0 Å². The first-order chi connectivity index (χ1) is 7.75. The van der Waals surface area contributed by atoms with Crippen LogP contribution in [-0.2, 0) is 13.1 Å². The number of hydrogen-bond acceptors (Lipinski definition) is 3. The van der Waals surface area contributed by atoms with Gasteiger partial charge in [0.15, 0.2) is 0 Å². The number of aryl methyl sites for hydroxylation is 2. The van der Waals surface area contributed by atoms with E-state index in [0.717, 1.165) is 42.7 Å². The zero-order chi connectivity index (χ0) is 11.1. The molecule has 0 unspecified atom stereocenters. The monoisotopic (exact) mass is 217 g/mol. The number of aromatic nitrogens is 2. The van der Waals surface area contributed by atoms with Gasteiger partial charge in [-0.25, -0.2) is 4.98 Å². The summed E-state index contributed by atoms with van der Waals surface area (Å²) in [6.07, 6.45) is 0. The minimum absolute atomic E-state index is 0.739. The van der Waals surface area contributed by atoms with Crippen molar-refractivity contribution in [1.82, 2.24) is 14.9 Å². The average Bonchev–Trinajstić information content (AvgIpc) is 2.83. The standard InChI is InChI=1S/C12H15N3O/c1-8-9(2)16-12(14-8)11-4-3-10-7-13-5-6-15(10)11/h3-4,13H,5-7H2,1-2H3. The number of fused-ring (bicyclic) bond motifs is 1. The Bertz CT molecular complexity index is 505. The van der Waals surface area contributed by atoms with E-state index >= 15 is 0 Å². The molecule has 16 heavy (non-hydrogen) atoms. The molecule has 0 bridgehead atoms. The van der Waals surface area contributed by atoms with E-state index in [2.05, 4.69) is 27.0 Å². The van der Waals surface area contributed by atoms with Crippen LogP contribution in [-0.4, -0.2) is 16.1 Å². The molecule has 2 aromatic heterocycles. The summed E-state index contributed by atoms with van der Waals surface area (Å²) in [5.74, 6) is 1.64. The van der Waals surface area contributed by atoms with Crippen LogP contribution in [0.3, 0.4) is 0 Å². The molecule has 1 aliphatic heterocycles. The molecule has 1 aliphatic rings. The SMILES string of the molecule is Cc1nc(-c2ccc3n2CCNC3)oc1C. The molecule has 0 saturated carbocycles. The van der Waals surface area contributed by atoms with Gasteiger partial charge in [0, 0.05) is 25.3 Å². The van der Waals surface area contributed by atoms with Crippen LogP contribution in [0.5, 0.6) is 0 Å². The molecule has 0 aromatic carbocycles. The predicted molar refractivity (Wildman–Crippen MR) is 61.1 cm³/mol. The van der Waals surface area contributed by atoms with Gasteiger partial charge in [-0.05, 0) is 26.0 Å². The Balaban J connectivity index is 2.09. The van der Waals surface area contributed by atoms with Crippen molar-refractivity contribution < 1.29 is 4.42 Å². The molecular formula is C12H15N3O. The Labute approximate surface area is 94.3 Å². The van der Waals surface area contributed by atoms with Crippen LogP contribution in [0.2, 0.25) is 0 Å². The van der Waals surface area contributed by atoms with Crippen LogP contribution in [0.15, 0.2) is 16.5 Å². The highest BCUT2D eigenvalue weighted by Crippen LogP contribution is 2.25. The molecule has 1 N–H and O–H groups in total. The molecule has 0 spiro atoms. The number of nitrogens with one attached hydrogen (secondary N) is 1. The third kappa shape index (κ3) is 1.38. The van der Waals surface area contributed by atoms with Gasteiger partial charge in [-0.3, -0.25) is 0 Å². The van der Waals surface area contributed by atoms with Crippen LogP contribution in [0.4, 0.5) is 0 Å². The number of nitrogens with zero attached hydrogens (tertiary/aromatic N) is 2. The van der Waals surface area contributed by atoms with Gasteiger partial charge < -0.3 is 14.3 Å². The third-order valence-corrected chi connectivity index (χ3v) is 3.14. The Morgan fingerprint density at radius 3 is 3.00 bits per heavy atom. The van der Waals surface area contributed by atoms with E-state index in [9.17, 15) is 0 Å². The van der Waals surface area contributed by atoms with E-state index in [0.29, 0.717) is 0 Å². The van der Waals surface area contributed by atoms with Crippen LogP contribution >= 0.6 is 0 Å². The molecular weight excluding hydrogens is 202 g/mol. The van der Waals surface area contributed by atoms with Crippen molar-refractivity contribution in [3.05, 3.63) is 29.3 Å². The first-order valence-electron chi connectivity index (χ1n) is 5.59. The second-order valence-electron chi connectivity index (χ2n) is 4.20. The smallest absolute Gasteiger partial charge is 0.243 e. The molecule has 4 nitrogen and oxygen atoms in total. The lowest BCUT2D eigenvalue weighted by Gasteiger charge is -2.17. The first-order valence-corrected chi connectivity index (χ1v) is 5.59. The number of rotatable bonds is 1. The maximum Gasteiger partial charge on any atom is 0.243 e. The summed E-state index contributed by atoms with van der Waals surface area (Å²) in [7, 11) is 0. The third-order valence-electron chi connectivity index (χ3n) is 3.14. The second-order valence-corrected chi connectivity index (χ2v) is 4.20. The predicted octanol–water partition coefficient (Wildman–Crippen LogP) is 1.86. The van der Waals surface area contributed by atoms with Crippen molar-refractivity contribution in [3.8, 4) is 11.6 Å². The fraction of sp³-hybridized carbons (Fsp3) is 0.417. The summed E-state index contributed by atoms with van der Waals surface area (Å²) in [6.45, 7) is 6.85. The topological polar surface area (TPSA) is 43.0 Å². The molecule has 3 heterocycles. The van der Waals surface area contributed by atoms with Crippen molar-refractivity contribution in [1.29, 1.82) is 0 Å². The molecule has 0 atom stereocenters. The van der Waals surface area contributed by atoms with Crippen LogP contribution in [0.1, 0.15) is 17.1 Å². The van der Waals surface area contributed by atoms with Gasteiger partial charge in [-0.15, -0.1) is 0 Å². The highest BCUT2D eigenvalue weighted by atomic mass is 16.4. The maximum atomic E-state index is 5.67. The lowest BCUT2D eigenvalue weighted by Crippen LogP contribution is -2.27. The van der Waals surface area contributed by atoms with Gasteiger partial charge in [0.2, 0.25) is 5.89 Å². The van der Waals surface area contributed by atoms with E-state index in [1.54, 1.807) is 0 Å². The fourth-order valence-electron chi connectivity index (χ4n) is 2.10. The molecule has 0 fully saturated rings. The Hall–Kier alpha value is -1.55. The summed E-state index contributed by atoms with van der Waals surface area (Å²) in [4.78, 5) is 4.45. The number of hydrogen-bond donors (Lipinski definition) is 1. The van der Waals surface area contributed by atoms with Gasteiger partial charge in [0.05, 0.1) is 5.69 Å². The Kier molecular flexibility index (Phi) is 2.11. The highest BCUT2D eigenvalue weighted by molar-refractivity contribution is 5.51. The molecule has 0 amide bonds. The summed E-state index contributed by atoms with van der Waals surface area (Å²) >= 11 is 0. The van der Waals surface area contributed by atoms with E-state index < -0.39 is 0 Å². The molecule has 4 heteroatoms. The largest absolute Gasteiger partial charge is 0.440 e. The van der Waals surface area contributed by atoms with Crippen LogP contribution < -0.4 is 5.32 Å². The van der Waals surface area contributed by atoms with Gasteiger partial charge in [0.25, 0.3) is 0 Å². The van der Waals surface area contributed by atoms with Crippen LogP contribution in [0.25, 0.3) is 11.6 Å². The molecule has 3 rings (SSSR count). The van der Waals surface area contributed by atoms with Crippen molar-refractivity contribution in [2.45, 2.75) is 26.9 Å². The van der Waals surface area contributed by atoms with E-state index in [1.165, 1.54) is 5.69 Å². The summed E-state index contributed by atoms with van der Waals surface area (Å²) in [6, 6.07) is 4.23. The molecule has 0 saturated heterocycles. The second kappa shape index (κ2) is 3.49. The van der Waals surface area contributed by atoms with Crippen molar-refractivity contribution in [2.75, 3.05) is 6.54 Å². The van der Waals surface area contributed by atoms with Crippen LogP contribution in [0, 0.1) is 13.8 Å². The summed E-state index contributed by atoms with van der Waals surface area (Å²) < 4.78 is 7.95. The first kappa shape index (κ1) is 9.66. The lowest BCUT2D eigenvalue weighted by molar-refractivity contribution is 0.500. The van der Waals surface area contributed by atoms with E-state index in [1.807, 2.05) is 13.8 Å². The fourth-order valence-corrected chi connectivity index (χ4v) is 2.10. The zero-order valence-corrected chi connectivity index (χ0v) is 9.58. The average molecular weight is 217 g/mol. The minimum atomic E-state index is 0.739. The van der Waals surface area contributed by atoms with Crippen molar-refractivity contribution in [2.24, 2.45) is 0 Å². The highest BCUT2D eigenvalue weighted by Gasteiger charge is 2.17. The Morgan fingerprint density at radius 1 is 1.38 bits per heavy atom. The Morgan fingerprint density at radius 2 is 2.25 bits per heavy atom. The van der Waals surface area contributed by atoms with Gasteiger partial charge in [0.1, 0.15) is 11.5 Å². The van der Waals surface area contributed by atoms with Gasteiger partial charge in [-0.2, -0.15) is 0 Å². The number of oxazole rings is 1. The zero-order valence-electron chi connectivity index (χ0n) is 9.58. The lowest BCUT2D eigenvalue weighted by atomic mass is 10.3. The van der Waals surface area contributed by atoms with Gasteiger partial charge in [-0.1, -0.05) is 0 Å². The summed E-state index contributed by atoms with van der Waals surface area (Å²) in [5.41, 5.74) is 3.36. The molecule has 84 valence electrons. The normalized spacial score (nSPS) is 15.1. The van der Waals surface area contributed by atoms with Crippen molar-refractivity contribution in [3.63, 3.8) is 0 Å². The van der Waals surface area contributed by atoms with E-state index in [4.69, 9.17) is 4.42 Å². The quantitative estimate of drug-likeness (QED) is 0.793.